The first-order chi connectivity index (χ1) is 9.65. The van der Waals surface area contributed by atoms with Crippen molar-refractivity contribution in [3.8, 4) is 5.75 Å². The number of phenols is 1. The molecule has 0 amide bonds. The normalized spacial score (nSPS) is 20.4. The maximum absolute atomic E-state index is 10.5. The molecular formula is C16H18ClNO2. The van der Waals surface area contributed by atoms with Crippen LogP contribution in [0, 0.1) is 0 Å². The number of nitrogens with zero attached hydrogens (tertiary/aromatic N) is 1. The van der Waals surface area contributed by atoms with E-state index in [9.17, 15) is 5.11 Å². The molecule has 0 aliphatic carbocycles. The minimum absolute atomic E-state index is 0.238. The van der Waals surface area contributed by atoms with Crippen molar-refractivity contribution in [1.82, 2.24) is 4.90 Å². The first-order valence-corrected chi connectivity index (χ1v) is 7.26. The molecule has 3 rings (SSSR count). The van der Waals surface area contributed by atoms with Crippen LogP contribution in [0.2, 0.25) is 5.02 Å². The third-order valence-electron chi connectivity index (χ3n) is 3.76. The highest BCUT2D eigenvalue weighted by Gasteiger charge is 2.19. The van der Waals surface area contributed by atoms with E-state index in [0.717, 1.165) is 36.0 Å². The maximum atomic E-state index is 10.5. The van der Waals surface area contributed by atoms with Gasteiger partial charge in [0.15, 0.2) is 0 Å². The molecule has 20 heavy (non-hydrogen) atoms. The van der Waals surface area contributed by atoms with Crippen molar-refractivity contribution in [3.05, 3.63) is 40.9 Å². The molecule has 0 spiro atoms. The van der Waals surface area contributed by atoms with Gasteiger partial charge in [-0.05, 0) is 13.0 Å². The topological polar surface area (TPSA) is 32.7 Å². The quantitative estimate of drug-likeness (QED) is 0.920. The molecule has 0 bridgehead atoms. The Morgan fingerprint density at radius 2 is 2.10 bits per heavy atom. The molecule has 0 radical (unpaired) electrons. The first-order valence-electron chi connectivity index (χ1n) is 6.88. The standard InChI is InChI=1S/C16H18ClNO2/c1-11-9-18(6-7-20-11)10-12-8-15(17)13-4-2-3-5-14(13)16(12)19/h2-5,8,11,19H,6-7,9-10H2,1H3/t11-/m0/s1. The summed E-state index contributed by atoms with van der Waals surface area (Å²) in [7, 11) is 0. The molecule has 1 aliphatic rings. The summed E-state index contributed by atoms with van der Waals surface area (Å²) in [5.74, 6) is 0.337. The van der Waals surface area contributed by atoms with Crippen molar-refractivity contribution < 1.29 is 9.84 Å². The molecule has 2 aromatic rings. The molecule has 3 nitrogen and oxygen atoms in total. The van der Waals surface area contributed by atoms with E-state index in [-0.39, 0.29) is 6.10 Å². The van der Waals surface area contributed by atoms with Gasteiger partial charge in [-0.15, -0.1) is 0 Å². The largest absolute Gasteiger partial charge is 0.507 e. The van der Waals surface area contributed by atoms with Crippen LogP contribution in [0.4, 0.5) is 0 Å². The number of phenolic OH excluding ortho intramolecular Hbond substituents is 1. The fraction of sp³-hybridized carbons (Fsp3) is 0.375. The van der Waals surface area contributed by atoms with Gasteiger partial charge in [0.2, 0.25) is 0 Å². The van der Waals surface area contributed by atoms with Crippen LogP contribution in [0.25, 0.3) is 10.8 Å². The van der Waals surface area contributed by atoms with Crippen LogP contribution < -0.4 is 0 Å². The lowest BCUT2D eigenvalue weighted by Gasteiger charge is -2.31. The summed E-state index contributed by atoms with van der Waals surface area (Å²) in [6.45, 7) is 5.27. The van der Waals surface area contributed by atoms with Gasteiger partial charge in [-0.25, -0.2) is 0 Å². The van der Waals surface area contributed by atoms with E-state index in [1.54, 1.807) is 0 Å². The molecule has 0 saturated carbocycles. The van der Waals surface area contributed by atoms with Gasteiger partial charge >= 0.3 is 0 Å². The van der Waals surface area contributed by atoms with Gasteiger partial charge in [0.1, 0.15) is 5.75 Å². The van der Waals surface area contributed by atoms with Crippen molar-refractivity contribution >= 4 is 22.4 Å². The van der Waals surface area contributed by atoms with E-state index in [1.165, 1.54) is 0 Å². The predicted molar refractivity (Wildman–Crippen MR) is 81.3 cm³/mol. The number of halogens is 1. The molecule has 0 aromatic heterocycles. The number of aromatic hydroxyl groups is 1. The zero-order valence-corrected chi connectivity index (χ0v) is 12.2. The molecule has 2 aromatic carbocycles. The Hall–Kier alpha value is -1.29. The third kappa shape index (κ3) is 2.62. The zero-order valence-electron chi connectivity index (χ0n) is 11.5. The van der Waals surface area contributed by atoms with Crippen LogP contribution >= 0.6 is 11.6 Å². The summed E-state index contributed by atoms with van der Waals surface area (Å²) in [5, 5.41) is 12.9. The highest BCUT2D eigenvalue weighted by Crippen LogP contribution is 2.35. The maximum Gasteiger partial charge on any atom is 0.127 e. The van der Waals surface area contributed by atoms with Crippen molar-refractivity contribution in [2.75, 3.05) is 19.7 Å². The fourth-order valence-electron chi connectivity index (χ4n) is 2.77. The number of ether oxygens (including phenoxy) is 1. The number of benzene rings is 2. The Bertz CT molecular complexity index is 629. The molecule has 106 valence electrons. The average Bonchev–Trinajstić information content (AvgIpc) is 2.45. The molecule has 0 unspecified atom stereocenters. The van der Waals surface area contributed by atoms with Crippen LogP contribution in [-0.2, 0) is 11.3 Å². The molecule has 1 atom stereocenters. The summed E-state index contributed by atoms with van der Waals surface area (Å²) >= 11 is 6.33. The third-order valence-corrected chi connectivity index (χ3v) is 4.08. The summed E-state index contributed by atoms with van der Waals surface area (Å²) in [4.78, 5) is 2.29. The lowest BCUT2D eigenvalue weighted by Crippen LogP contribution is -2.40. The summed E-state index contributed by atoms with van der Waals surface area (Å²) < 4.78 is 5.54. The van der Waals surface area contributed by atoms with Gasteiger partial charge in [0.05, 0.1) is 12.7 Å². The van der Waals surface area contributed by atoms with Crippen LogP contribution in [0.5, 0.6) is 5.75 Å². The van der Waals surface area contributed by atoms with Gasteiger partial charge in [0.25, 0.3) is 0 Å². The molecular weight excluding hydrogens is 274 g/mol. The Kier molecular flexibility index (Phi) is 3.83. The van der Waals surface area contributed by atoms with Gasteiger partial charge in [-0.1, -0.05) is 35.9 Å². The fourth-order valence-corrected chi connectivity index (χ4v) is 3.06. The Balaban J connectivity index is 1.93. The van der Waals surface area contributed by atoms with E-state index in [4.69, 9.17) is 16.3 Å². The second kappa shape index (κ2) is 5.60. The van der Waals surface area contributed by atoms with Crippen LogP contribution in [0.15, 0.2) is 30.3 Å². The molecule has 4 heteroatoms. The van der Waals surface area contributed by atoms with E-state index >= 15 is 0 Å². The smallest absolute Gasteiger partial charge is 0.127 e. The van der Waals surface area contributed by atoms with Crippen LogP contribution in [-0.4, -0.2) is 35.8 Å². The second-order valence-electron chi connectivity index (χ2n) is 5.33. The van der Waals surface area contributed by atoms with E-state index in [1.807, 2.05) is 30.3 Å². The predicted octanol–water partition coefficient (Wildman–Crippen LogP) is 3.42. The highest BCUT2D eigenvalue weighted by molar-refractivity contribution is 6.35. The van der Waals surface area contributed by atoms with Crippen LogP contribution in [0.1, 0.15) is 12.5 Å². The number of rotatable bonds is 2. The van der Waals surface area contributed by atoms with Crippen molar-refractivity contribution in [2.24, 2.45) is 0 Å². The number of hydrogen-bond donors (Lipinski definition) is 1. The van der Waals surface area contributed by atoms with Gasteiger partial charge in [-0.3, -0.25) is 4.90 Å². The molecule has 1 heterocycles. The lowest BCUT2D eigenvalue weighted by molar-refractivity contribution is -0.0213. The molecule has 1 fully saturated rings. The summed E-state index contributed by atoms with van der Waals surface area (Å²) in [6.07, 6.45) is 0.238. The van der Waals surface area contributed by atoms with Crippen molar-refractivity contribution in [3.63, 3.8) is 0 Å². The molecule has 1 aliphatic heterocycles. The number of fused-ring (bicyclic) bond motifs is 1. The lowest BCUT2D eigenvalue weighted by atomic mass is 10.0. The minimum Gasteiger partial charge on any atom is -0.507 e. The van der Waals surface area contributed by atoms with Gasteiger partial charge in [-0.2, -0.15) is 0 Å². The number of morpholine rings is 1. The summed E-state index contributed by atoms with van der Waals surface area (Å²) in [6, 6.07) is 9.55. The Labute approximate surface area is 123 Å². The minimum atomic E-state index is 0.238. The monoisotopic (exact) mass is 291 g/mol. The van der Waals surface area contributed by atoms with Gasteiger partial charge in [0, 0.05) is 41.0 Å². The van der Waals surface area contributed by atoms with E-state index in [0.29, 0.717) is 17.3 Å². The molecule has 1 saturated heterocycles. The molecule has 1 N–H and O–H groups in total. The number of hydrogen-bond acceptors (Lipinski definition) is 3. The van der Waals surface area contributed by atoms with Crippen molar-refractivity contribution in [1.29, 1.82) is 0 Å². The second-order valence-corrected chi connectivity index (χ2v) is 5.74. The van der Waals surface area contributed by atoms with Crippen LogP contribution in [0.3, 0.4) is 0 Å². The zero-order chi connectivity index (χ0) is 14.1. The average molecular weight is 292 g/mol. The summed E-state index contributed by atoms with van der Waals surface area (Å²) in [5.41, 5.74) is 0.878. The van der Waals surface area contributed by atoms with Crippen molar-refractivity contribution in [2.45, 2.75) is 19.6 Å². The van der Waals surface area contributed by atoms with E-state index < -0.39 is 0 Å². The first kappa shape index (κ1) is 13.7. The Morgan fingerprint density at radius 1 is 1.35 bits per heavy atom. The van der Waals surface area contributed by atoms with E-state index in [2.05, 4.69) is 11.8 Å². The Morgan fingerprint density at radius 3 is 2.85 bits per heavy atom. The SMILES string of the molecule is C[C@H]1CN(Cc2cc(Cl)c3ccccc3c2O)CCO1. The van der Waals surface area contributed by atoms with Gasteiger partial charge < -0.3 is 9.84 Å². The highest BCUT2D eigenvalue weighted by atomic mass is 35.5.